The van der Waals surface area contributed by atoms with Crippen molar-refractivity contribution in [3.63, 3.8) is 0 Å². The zero-order valence-corrected chi connectivity index (χ0v) is 27.2. The second-order valence-corrected chi connectivity index (χ2v) is 13.6. The lowest BCUT2D eigenvalue weighted by atomic mass is 9.67. The highest BCUT2D eigenvalue weighted by Crippen LogP contribution is 2.51. The molecule has 226 valence electrons. The van der Waals surface area contributed by atoms with Crippen molar-refractivity contribution in [1.29, 1.82) is 0 Å². The minimum atomic E-state index is -0.308. The maximum Gasteiger partial charge on any atom is 0.118 e. The average Bonchev–Trinajstić information content (AvgIpc) is 3.37. The van der Waals surface area contributed by atoms with Gasteiger partial charge in [0.25, 0.3) is 0 Å². The molecular formula is C36H42BrN3O3. The molecular weight excluding hydrogens is 602 g/mol. The van der Waals surface area contributed by atoms with Crippen LogP contribution in [0.3, 0.4) is 0 Å². The molecule has 0 unspecified atom stereocenters. The van der Waals surface area contributed by atoms with Gasteiger partial charge in [-0.15, -0.1) is 0 Å². The first kappa shape index (κ1) is 28.9. The summed E-state index contributed by atoms with van der Waals surface area (Å²) in [5.74, 6) is 2.32. The van der Waals surface area contributed by atoms with Gasteiger partial charge in [0.05, 0.1) is 18.8 Å². The molecule has 0 spiro atoms. The van der Waals surface area contributed by atoms with Crippen molar-refractivity contribution in [3.8, 4) is 11.5 Å². The summed E-state index contributed by atoms with van der Waals surface area (Å²) in [6, 6.07) is 24.4. The molecule has 2 fully saturated rings. The van der Waals surface area contributed by atoms with E-state index in [1.54, 1.807) is 14.2 Å². The molecule has 4 aromatic rings. The molecule has 6 nitrogen and oxygen atoms in total. The van der Waals surface area contributed by atoms with E-state index in [0.29, 0.717) is 12.0 Å². The second-order valence-electron chi connectivity index (χ2n) is 12.8. The van der Waals surface area contributed by atoms with Crippen LogP contribution in [0.5, 0.6) is 11.5 Å². The second kappa shape index (κ2) is 11.3. The van der Waals surface area contributed by atoms with Gasteiger partial charge in [-0.3, -0.25) is 4.90 Å². The van der Waals surface area contributed by atoms with Crippen molar-refractivity contribution in [2.24, 2.45) is 5.92 Å². The molecule has 3 heterocycles. The van der Waals surface area contributed by atoms with Gasteiger partial charge in [0.2, 0.25) is 0 Å². The van der Waals surface area contributed by atoms with E-state index >= 15 is 0 Å². The Labute approximate surface area is 263 Å². The number of methoxy groups -OCH3 is 3. The number of rotatable bonds is 7. The topological polar surface area (TPSA) is 50.0 Å². The summed E-state index contributed by atoms with van der Waals surface area (Å²) in [5, 5.41) is 1.35. The number of aromatic nitrogens is 1. The standard InChI is InChI=1S/C36H42BrN3O3/c1-39-22-24(21-36(43-4)30-6-5-7-31-33(30)29(20-32(36)39)34(37)38-31)23-40-18-16-35(17-19-40,25-8-12-27(41-2)13-9-25)26-10-14-28(42-3)15-11-26/h5-15,24,32,38H,16-23H2,1-4H3/t24-,32-,36+/m1/s1. The first-order valence-corrected chi connectivity index (χ1v) is 16.3. The van der Waals surface area contributed by atoms with Gasteiger partial charge in [-0.1, -0.05) is 36.4 Å². The number of ether oxygens (including phenoxy) is 3. The Kier molecular flexibility index (Phi) is 7.57. The first-order chi connectivity index (χ1) is 20.9. The highest BCUT2D eigenvalue weighted by atomic mass is 79.9. The van der Waals surface area contributed by atoms with E-state index in [-0.39, 0.29) is 11.0 Å². The molecule has 7 rings (SSSR count). The molecule has 3 aromatic carbocycles. The van der Waals surface area contributed by atoms with Crippen LogP contribution < -0.4 is 9.47 Å². The Bertz CT molecular complexity index is 1540. The van der Waals surface area contributed by atoms with Gasteiger partial charge in [0.15, 0.2) is 0 Å². The smallest absolute Gasteiger partial charge is 0.118 e. The molecule has 3 atom stereocenters. The Morgan fingerprint density at radius 3 is 2.09 bits per heavy atom. The number of nitrogens with zero attached hydrogens (tertiary/aromatic N) is 2. The van der Waals surface area contributed by atoms with Crippen LogP contribution >= 0.6 is 15.9 Å². The number of fused-ring (bicyclic) bond motifs is 2. The highest BCUT2D eigenvalue weighted by molar-refractivity contribution is 9.10. The number of benzene rings is 3. The molecule has 2 saturated heterocycles. The van der Waals surface area contributed by atoms with E-state index in [0.717, 1.165) is 68.0 Å². The van der Waals surface area contributed by atoms with Gasteiger partial charge in [0.1, 0.15) is 17.1 Å². The third-order valence-corrected chi connectivity index (χ3v) is 11.5. The predicted octanol–water partition coefficient (Wildman–Crippen LogP) is 6.75. The number of likely N-dealkylation sites (tertiary alicyclic amines) is 2. The lowest BCUT2D eigenvalue weighted by molar-refractivity contribution is -0.128. The maximum atomic E-state index is 6.61. The molecule has 0 amide bonds. The number of nitrogens with one attached hydrogen (secondary N) is 1. The Morgan fingerprint density at radius 2 is 1.51 bits per heavy atom. The van der Waals surface area contributed by atoms with Crippen LogP contribution in [0.1, 0.15) is 41.5 Å². The SMILES string of the molecule is COc1ccc(C2(c3ccc(OC)cc3)CCN(C[C@H]3CN(C)[C@@H]4Cc5c(Br)[nH]c6cccc(c56)[C@@]4(OC)C3)CC2)cc1. The number of hydrogen-bond donors (Lipinski definition) is 1. The summed E-state index contributed by atoms with van der Waals surface area (Å²) in [7, 11) is 7.68. The molecule has 2 aliphatic heterocycles. The quantitative estimate of drug-likeness (QED) is 0.241. The maximum absolute atomic E-state index is 6.61. The fourth-order valence-electron chi connectivity index (χ4n) is 8.65. The molecule has 7 heteroatoms. The molecule has 1 N–H and O–H groups in total. The number of piperidine rings is 2. The first-order valence-electron chi connectivity index (χ1n) is 15.5. The predicted molar refractivity (Wildman–Crippen MR) is 175 cm³/mol. The molecule has 3 aliphatic rings. The minimum Gasteiger partial charge on any atom is -0.497 e. The lowest BCUT2D eigenvalue weighted by Crippen LogP contribution is -2.60. The summed E-state index contributed by atoms with van der Waals surface area (Å²) in [5.41, 5.74) is 6.31. The van der Waals surface area contributed by atoms with Gasteiger partial charge in [0, 0.05) is 42.6 Å². The summed E-state index contributed by atoms with van der Waals surface area (Å²) in [6.07, 6.45) is 4.18. The van der Waals surface area contributed by atoms with Crippen LogP contribution in [-0.2, 0) is 22.2 Å². The molecule has 1 aliphatic carbocycles. The van der Waals surface area contributed by atoms with E-state index in [4.69, 9.17) is 14.2 Å². The lowest BCUT2D eigenvalue weighted by Gasteiger charge is -2.54. The summed E-state index contributed by atoms with van der Waals surface area (Å²) in [6.45, 7) is 4.29. The van der Waals surface area contributed by atoms with Crippen LogP contribution in [-0.4, -0.2) is 75.4 Å². The summed E-state index contributed by atoms with van der Waals surface area (Å²) in [4.78, 5) is 8.84. The Morgan fingerprint density at radius 1 is 0.884 bits per heavy atom. The molecule has 0 bridgehead atoms. The number of aromatic amines is 1. The monoisotopic (exact) mass is 643 g/mol. The molecule has 0 saturated carbocycles. The Hall–Kier alpha value is -2.84. The largest absolute Gasteiger partial charge is 0.497 e. The van der Waals surface area contributed by atoms with E-state index in [9.17, 15) is 0 Å². The van der Waals surface area contributed by atoms with Gasteiger partial charge in [-0.05, 0) is 120 Å². The van der Waals surface area contributed by atoms with E-state index < -0.39 is 0 Å². The van der Waals surface area contributed by atoms with Crippen molar-refractivity contribution in [3.05, 3.63) is 93.6 Å². The van der Waals surface area contributed by atoms with Gasteiger partial charge >= 0.3 is 0 Å². The zero-order valence-electron chi connectivity index (χ0n) is 25.7. The fourth-order valence-corrected chi connectivity index (χ4v) is 9.22. The van der Waals surface area contributed by atoms with Crippen LogP contribution in [0.25, 0.3) is 10.9 Å². The van der Waals surface area contributed by atoms with Gasteiger partial charge in [-0.25, -0.2) is 0 Å². The average molecular weight is 645 g/mol. The van der Waals surface area contributed by atoms with E-state index in [1.807, 2.05) is 7.11 Å². The number of halogens is 1. The molecule has 0 radical (unpaired) electrons. The number of hydrogen-bond acceptors (Lipinski definition) is 5. The zero-order chi connectivity index (χ0) is 29.8. The number of likely N-dealkylation sites (N-methyl/N-ethyl adjacent to an activating group) is 1. The van der Waals surface area contributed by atoms with Gasteiger partial charge in [-0.2, -0.15) is 0 Å². The number of H-pyrrole nitrogens is 1. The van der Waals surface area contributed by atoms with Crippen LogP contribution in [0, 0.1) is 5.92 Å². The molecule has 1 aromatic heterocycles. The summed E-state index contributed by atoms with van der Waals surface area (Å²) >= 11 is 3.81. The van der Waals surface area contributed by atoms with Crippen molar-refractivity contribution >= 4 is 26.8 Å². The van der Waals surface area contributed by atoms with Crippen LogP contribution in [0.4, 0.5) is 0 Å². The third kappa shape index (κ3) is 4.71. The van der Waals surface area contributed by atoms with Crippen LogP contribution in [0.15, 0.2) is 71.3 Å². The Balaban J connectivity index is 1.14. The summed E-state index contributed by atoms with van der Waals surface area (Å²) < 4.78 is 18.7. The van der Waals surface area contributed by atoms with E-state index in [2.05, 4.69) is 104 Å². The van der Waals surface area contributed by atoms with Crippen molar-refractivity contribution in [1.82, 2.24) is 14.8 Å². The molecule has 43 heavy (non-hydrogen) atoms. The third-order valence-electron chi connectivity index (χ3n) is 10.8. The van der Waals surface area contributed by atoms with E-state index in [1.165, 1.54) is 33.2 Å². The van der Waals surface area contributed by atoms with Crippen molar-refractivity contribution in [2.75, 3.05) is 54.6 Å². The minimum absolute atomic E-state index is 0.0334. The fraction of sp³-hybridized carbons (Fsp3) is 0.444. The normalized spacial score (nSPS) is 25.4. The van der Waals surface area contributed by atoms with Crippen molar-refractivity contribution in [2.45, 2.75) is 42.7 Å². The van der Waals surface area contributed by atoms with Gasteiger partial charge < -0.3 is 24.1 Å². The highest BCUT2D eigenvalue weighted by Gasteiger charge is 2.52. The van der Waals surface area contributed by atoms with Crippen molar-refractivity contribution < 1.29 is 14.2 Å². The van der Waals surface area contributed by atoms with Crippen LogP contribution in [0.2, 0.25) is 0 Å².